The Hall–Kier alpha value is -4.59. The van der Waals surface area contributed by atoms with Gasteiger partial charge in [0.1, 0.15) is 5.69 Å². The largest absolute Gasteiger partial charge is 0.341 e. The molecule has 0 bridgehead atoms. The second-order valence-corrected chi connectivity index (χ2v) is 6.52. The van der Waals surface area contributed by atoms with Gasteiger partial charge in [-0.1, -0.05) is 60.7 Å². The fourth-order valence-electron chi connectivity index (χ4n) is 3.02. The van der Waals surface area contributed by atoms with Crippen LogP contribution < -0.4 is 10.7 Å². The first kappa shape index (κ1) is 19.7. The molecule has 0 spiro atoms. The highest BCUT2D eigenvalue weighted by atomic mass is 16.6. The van der Waals surface area contributed by atoms with Crippen molar-refractivity contribution in [2.45, 2.75) is 0 Å². The SMILES string of the molecule is O=c1c(-c2ccccc2)cn(-c2ccccc2)nc1N=CNc1ccccc1[N+](=O)[O-]. The molecule has 31 heavy (non-hydrogen) atoms. The monoisotopic (exact) mass is 411 g/mol. The zero-order chi connectivity index (χ0) is 21.6. The van der Waals surface area contributed by atoms with Crippen LogP contribution in [0.25, 0.3) is 16.8 Å². The molecule has 4 rings (SSSR count). The Morgan fingerprint density at radius 3 is 2.29 bits per heavy atom. The lowest BCUT2D eigenvalue weighted by molar-refractivity contribution is -0.383. The molecule has 0 unspecified atom stereocenters. The van der Waals surface area contributed by atoms with Crippen molar-refractivity contribution in [1.82, 2.24) is 9.78 Å². The maximum absolute atomic E-state index is 13.0. The number of para-hydroxylation sites is 3. The number of hydrogen-bond donors (Lipinski definition) is 1. The van der Waals surface area contributed by atoms with Crippen molar-refractivity contribution in [2.24, 2.45) is 4.99 Å². The Bertz CT molecular complexity index is 1300. The highest BCUT2D eigenvalue weighted by Crippen LogP contribution is 2.23. The van der Waals surface area contributed by atoms with Crippen molar-refractivity contribution in [2.75, 3.05) is 5.32 Å². The third-order valence-corrected chi connectivity index (χ3v) is 4.51. The van der Waals surface area contributed by atoms with E-state index >= 15 is 0 Å². The van der Waals surface area contributed by atoms with Crippen LogP contribution in [0.15, 0.2) is 101 Å². The van der Waals surface area contributed by atoms with Crippen LogP contribution in [0.3, 0.4) is 0 Å². The van der Waals surface area contributed by atoms with Gasteiger partial charge in [-0.15, -0.1) is 5.10 Å². The molecule has 0 radical (unpaired) electrons. The van der Waals surface area contributed by atoms with E-state index < -0.39 is 4.92 Å². The molecule has 0 amide bonds. The zero-order valence-electron chi connectivity index (χ0n) is 16.3. The van der Waals surface area contributed by atoms with Crippen LogP contribution in [0.4, 0.5) is 17.2 Å². The predicted octanol–water partition coefficient (Wildman–Crippen LogP) is 4.58. The van der Waals surface area contributed by atoms with Gasteiger partial charge in [0, 0.05) is 12.3 Å². The summed E-state index contributed by atoms with van der Waals surface area (Å²) in [6, 6.07) is 24.8. The second kappa shape index (κ2) is 8.83. The van der Waals surface area contributed by atoms with E-state index in [1.807, 2.05) is 60.7 Å². The minimum atomic E-state index is -0.493. The van der Waals surface area contributed by atoms with Crippen molar-refractivity contribution in [3.8, 4) is 16.8 Å². The van der Waals surface area contributed by atoms with E-state index in [2.05, 4.69) is 15.4 Å². The number of aromatic nitrogens is 2. The quantitative estimate of drug-likeness (QED) is 0.217. The molecule has 4 aromatic rings. The first-order valence-electron chi connectivity index (χ1n) is 9.41. The third kappa shape index (κ3) is 4.38. The molecule has 1 N–H and O–H groups in total. The Morgan fingerprint density at radius 1 is 0.935 bits per heavy atom. The average molecular weight is 411 g/mol. The fourth-order valence-corrected chi connectivity index (χ4v) is 3.02. The minimum absolute atomic E-state index is 0.0451. The molecule has 3 aromatic carbocycles. The summed E-state index contributed by atoms with van der Waals surface area (Å²) in [5.74, 6) is -0.0451. The zero-order valence-corrected chi connectivity index (χ0v) is 16.3. The van der Waals surface area contributed by atoms with Crippen LogP contribution >= 0.6 is 0 Å². The summed E-state index contributed by atoms with van der Waals surface area (Å²) < 4.78 is 1.58. The van der Waals surface area contributed by atoms with Gasteiger partial charge in [-0.2, -0.15) is 0 Å². The van der Waals surface area contributed by atoms with Gasteiger partial charge < -0.3 is 5.32 Å². The van der Waals surface area contributed by atoms with Crippen LogP contribution in [0.1, 0.15) is 0 Å². The van der Waals surface area contributed by atoms with E-state index in [9.17, 15) is 14.9 Å². The second-order valence-electron chi connectivity index (χ2n) is 6.52. The normalized spacial score (nSPS) is 10.8. The van der Waals surface area contributed by atoms with Gasteiger partial charge in [-0.3, -0.25) is 14.9 Å². The van der Waals surface area contributed by atoms with Crippen LogP contribution in [0.5, 0.6) is 0 Å². The summed E-state index contributed by atoms with van der Waals surface area (Å²) >= 11 is 0. The van der Waals surface area contributed by atoms with Gasteiger partial charge in [-0.25, -0.2) is 9.67 Å². The summed E-state index contributed by atoms with van der Waals surface area (Å²) in [6.45, 7) is 0. The van der Waals surface area contributed by atoms with Gasteiger partial charge in [0.25, 0.3) is 5.69 Å². The Kier molecular flexibility index (Phi) is 5.62. The molecule has 1 heterocycles. The first-order valence-corrected chi connectivity index (χ1v) is 9.41. The first-order chi connectivity index (χ1) is 15.1. The van der Waals surface area contributed by atoms with Crippen LogP contribution in [-0.4, -0.2) is 21.0 Å². The molecular weight excluding hydrogens is 394 g/mol. The predicted molar refractivity (Wildman–Crippen MR) is 120 cm³/mol. The van der Waals surface area contributed by atoms with Crippen molar-refractivity contribution in [3.05, 3.63) is 111 Å². The van der Waals surface area contributed by atoms with E-state index in [1.54, 1.807) is 29.1 Å². The summed E-state index contributed by atoms with van der Waals surface area (Å²) in [5, 5.41) is 18.3. The number of benzene rings is 3. The van der Waals surface area contributed by atoms with Crippen LogP contribution in [0.2, 0.25) is 0 Å². The maximum Gasteiger partial charge on any atom is 0.292 e. The molecule has 0 atom stereocenters. The van der Waals surface area contributed by atoms with E-state index in [4.69, 9.17) is 0 Å². The summed E-state index contributed by atoms with van der Waals surface area (Å²) in [5.41, 5.74) is 1.77. The Morgan fingerprint density at radius 2 is 1.58 bits per heavy atom. The number of nitro groups is 1. The lowest BCUT2D eigenvalue weighted by Crippen LogP contribution is -2.13. The van der Waals surface area contributed by atoms with Crippen molar-refractivity contribution < 1.29 is 4.92 Å². The highest BCUT2D eigenvalue weighted by molar-refractivity contribution is 5.82. The molecule has 0 aliphatic carbocycles. The number of nitrogens with one attached hydrogen (secondary N) is 1. The van der Waals surface area contributed by atoms with E-state index in [0.29, 0.717) is 5.56 Å². The number of nitro benzene ring substituents is 1. The molecule has 0 saturated carbocycles. The van der Waals surface area contributed by atoms with E-state index in [1.165, 1.54) is 12.4 Å². The van der Waals surface area contributed by atoms with E-state index in [-0.39, 0.29) is 22.6 Å². The Labute approximate surface area is 177 Å². The number of rotatable bonds is 6. The average Bonchev–Trinajstić information content (AvgIpc) is 2.81. The lowest BCUT2D eigenvalue weighted by Gasteiger charge is -2.09. The van der Waals surface area contributed by atoms with Crippen LogP contribution in [0, 0.1) is 10.1 Å². The van der Waals surface area contributed by atoms with Gasteiger partial charge in [0.05, 0.1) is 22.5 Å². The summed E-state index contributed by atoms with van der Waals surface area (Å²) in [6.07, 6.45) is 2.90. The van der Waals surface area contributed by atoms with Gasteiger partial charge in [0.2, 0.25) is 11.2 Å². The third-order valence-electron chi connectivity index (χ3n) is 4.51. The van der Waals surface area contributed by atoms with Crippen molar-refractivity contribution in [3.63, 3.8) is 0 Å². The molecular formula is C23H17N5O3. The standard InChI is InChI=1S/C23H17N5O3/c29-22-19(17-9-3-1-4-10-17)15-27(18-11-5-2-6-12-18)26-23(22)25-16-24-20-13-7-8-14-21(20)28(30)31/h1-16H,(H,24,25,26). The number of aliphatic imine (C=N–C) groups is 1. The van der Waals surface area contributed by atoms with Gasteiger partial charge in [0.15, 0.2) is 0 Å². The fraction of sp³-hybridized carbons (Fsp3) is 0. The topological polar surface area (TPSA) is 102 Å². The lowest BCUT2D eigenvalue weighted by atomic mass is 10.1. The molecule has 0 saturated heterocycles. The Balaban J connectivity index is 1.76. The molecule has 1 aromatic heterocycles. The smallest absolute Gasteiger partial charge is 0.292 e. The van der Waals surface area contributed by atoms with Crippen molar-refractivity contribution >= 4 is 23.5 Å². The number of anilines is 1. The van der Waals surface area contributed by atoms with E-state index in [0.717, 1.165) is 11.3 Å². The van der Waals surface area contributed by atoms with Gasteiger partial charge >= 0.3 is 0 Å². The molecule has 0 aliphatic heterocycles. The minimum Gasteiger partial charge on any atom is -0.341 e. The molecule has 8 heteroatoms. The number of nitrogens with zero attached hydrogens (tertiary/aromatic N) is 4. The van der Waals surface area contributed by atoms with Crippen LogP contribution in [-0.2, 0) is 0 Å². The molecule has 0 aliphatic rings. The summed E-state index contributed by atoms with van der Waals surface area (Å²) in [7, 11) is 0. The van der Waals surface area contributed by atoms with Gasteiger partial charge in [-0.05, 0) is 23.8 Å². The number of hydrogen-bond acceptors (Lipinski definition) is 5. The van der Waals surface area contributed by atoms with Crippen molar-refractivity contribution in [1.29, 1.82) is 0 Å². The highest BCUT2D eigenvalue weighted by Gasteiger charge is 2.13. The molecule has 0 fully saturated rings. The maximum atomic E-state index is 13.0. The summed E-state index contributed by atoms with van der Waals surface area (Å²) in [4.78, 5) is 27.9. The molecule has 152 valence electrons. The molecule has 8 nitrogen and oxygen atoms in total.